The van der Waals surface area contributed by atoms with Crippen LogP contribution in [0.4, 0.5) is 23.2 Å². The second-order valence-electron chi connectivity index (χ2n) is 5.83. The number of amides is 1. The Balaban J connectivity index is 2.06. The number of nitriles is 1. The Labute approximate surface area is 161 Å². The van der Waals surface area contributed by atoms with Crippen molar-refractivity contribution in [2.24, 2.45) is 0 Å². The predicted molar refractivity (Wildman–Crippen MR) is 93.0 cm³/mol. The normalized spacial score (nSPS) is 11.0. The molecule has 6 nitrogen and oxygen atoms in total. The Morgan fingerprint density at radius 2 is 1.93 bits per heavy atom. The highest BCUT2D eigenvalue weighted by molar-refractivity contribution is 6.04. The third-order valence-corrected chi connectivity index (χ3v) is 3.77. The third-order valence-electron chi connectivity index (χ3n) is 3.77. The summed E-state index contributed by atoms with van der Waals surface area (Å²) in [6, 6.07) is 10.9. The van der Waals surface area contributed by atoms with E-state index in [2.05, 4.69) is 10.4 Å². The molecule has 0 spiro atoms. The molecule has 0 aliphatic heterocycles. The maximum Gasteiger partial charge on any atom is 0.435 e. The van der Waals surface area contributed by atoms with Crippen molar-refractivity contribution in [1.29, 1.82) is 5.26 Å². The van der Waals surface area contributed by atoms with Crippen molar-refractivity contribution in [3.05, 3.63) is 76.9 Å². The molecule has 0 atom stereocenters. The van der Waals surface area contributed by atoms with Crippen molar-refractivity contribution in [2.75, 3.05) is 5.32 Å². The van der Waals surface area contributed by atoms with Gasteiger partial charge < -0.3 is 5.32 Å². The average molecular weight is 402 g/mol. The van der Waals surface area contributed by atoms with Gasteiger partial charge in [0.1, 0.15) is 17.8 Å². The zero-order chi connectivity index (χ0) is 21.2. The summed E-state index contributed by atoms with van der Waals surface area (Å²) in [7, 11) is 0. The van der Waals surface area contributed by atoms with Crippen molar-refractivity contribution in [2.45, 2.75) is 6.18 Å². The molecule has 1 N–H and O–H groups in total. The molecule has 0 saturated carbocycles. The summed E-state index contributed by atoms with van der Waals surface area (Å²) in [4.78, 5) is 23.4. The van der Waals surface area contributed by atoms with Gasteiger partial charge in [0.25, 0.3) is 5.91 Å². The minimum absolute atomic E-state index is 0.0533. The van der Waals surface area contributed by atoms with Crippen LogP contribution in [0.15, 0.2) is 48.5 Å². The minimum Gasteiger partial charge on any atom is -0.321 e. The molecule has 1 amide bonds. The molecule has 3 aromatic rings. The lowest BCUT2D eigenvalue weighted by Crippen LogP contribution is -2.17. The molecule has 2 aromatic carbocycles. The lowest BCUT2D eigenvalue weighted by atomic mass is 10.2. The van der Waals surface area contributed by atoms with E-state index in [-0.39, 0.29) is 22.5 Å². The Hall–Kier alpha value is -4.00. The first-order valence-corrected chi connectivity index (χ1v) is 7.96. The van der Waals surface area contributed by atoms with Crippen molar-refractivity contribution in [3.63, 3.8) is 0 Å². The van der Waals surface area contributed by atoms with Crippen molar-refractivity contribution in [1.82, 2.24) is 9.78 Å². The molecule has 1 heterocycles. The lowest BCUT2D eigenvalue weighted by Gasteiger charge is -2.09. The zero-order valence-corrected chi connectivity index (χ0v) is 14.4. The van der Waals surface area contributed by atoms with Crippen LogP contribution in [0.3, 0.4) is 0 Å². The van der Waals surface area contributed by atoms with Gasteiger partial charge in [-0.15, -0.1) is 0 Å². The highest BCUT2D eigenvalue weighted by atomic mass is 19.4. The number of aldehydes is 1. The number of carbonyl (C=O) groups is 2. The van der Waals surface area contributed by atoms with Crippen molar-refractivity contribution < 1.29 is 27.2 Å². The standard InChI is InChI=1S/C19H10F4N4O2/c20-13-4-12(10-28)5-14(7-13)25-18(29)16-8-17(19(21,22)23)26-27(16)15-3-1-2-11(6-15)9-24/h1-8,10H,(H,25,29). The number of rotatable bonds is 4. The van der Waals surface area contributed by atoms with Gasteiger partial charge in [-0.1, -0.05) is 6.07 Å². The van der Waals surface area contributed by atoms with E-state index in [1.54, 1.807) is 0 Å². The number of anilines is 1. The van der Waals surface area contributed by atoms with Gasteiger partial charge in [0.05, 0.1) is 17.3 Å². The molecule has 146 valence electrons. The molecule has 3 rings (SSSR count). The number of hydrogen-bond donors (Lipinski definition) is 1. The van der Waals surface area contributed by atoms with E-state index in [1.807, 2.05) is 6.07 Å². The number of nitrogens with one attached hydrogen (secondary N) is 1. The van der Waals surface area contributed by atoms with E-state index in [0.29, 0.717) is 12.4 Å². The van der Waals surface area contributed by atoms with E-state index in [9.17, 15) is 27.2 Å². The predicted octanol–water partition coefficient (Wildman–Crippen LogP) is 3.97. The smallest absolute Gasteiger partial charge is 0.321 e. The number of nitrogens with zero attached hydrogens (tertiary/aromatic N) is 3. The maximum absolute atomic E-state index is 13.5. The van der Waals surface area contributed by atoms with E-state index >= 15 is 0 Å². The van der Waals surface area contributed by atoms with Crippen LogP contribution in [0.1, 0.15) is 32.1 Å². The quantitative estimate of drug-likeness (QED) is 0.529. The van der Waals surface area contributed by atoms with Gasteiger partial charge in [-0.05, 0) is 36.4 Å². The van der Waals surface area contributed by atoms with Crippen LogP contribution in [0.2, 0.25) is 0 Å². The first kappa shape index (κ1) is 19.8. The van der Waals surface area contributed by atoms with Gasteiger partial charge in [0, 0.05) is 17.3 Å². The van der Waals surface area contributed by atoms with Gasteiger partial charge in [-0.2, -0.15) is 23.5 Å². The Morgan fingerprint density at radius 3 is 2.59 bits per heavy atom. The Kier molecular flexibility index (Phi) is 5.14. The van der Waals surface area contributed by atoms with Crippen molar-refractivity contribution in [3.8, 4) is 11.8 Å². The minimum atomic E-state index is -4.82. The summed E-state index contributed by atoms with van der Waals surface area (Å²) in [6.07, 6.45) is -4.46. The summed E-state index contributed by atoms with van der Waals surface area (Å²) in [6.45, 7) is 0. The third kappa shape index (κ3) is 4.30. The second kappa shape index (κ2) is 7.55. The second-order valence-corrected chi connectivity index (χ2v) is 5.83. The number of halogens is 4. The lowest BCUT2D eigenvalue weighted by molar-refractivity contribution is -0.141. The summed E-state index contributed by atoms with van der Waals surface area (Å²) < 4.78 is 53.7. The van der Waals surface area contributed by atoms with Crippen LogP contribution in [-0.2, 0) is 6.18 Å². The summed E-state index contributed by atoms with van der Waals surface area (Å²) in [5.41, 5.74) is -1.80. The average Bonchev–Trinajstić information content (AvgIpc) is 3.13. The van der Waals surface area contributed by atoms with Crippen LogP contribution in [0.5, 0.6) is 0 Å². The van der Waals surface area contributed by atoms with Gasteiger partial charge >= 0.3 is 6.18 Å². The van der Waals surface area contributed by atoms with Gasteiger partial charge in [-0.3, -0.25) is 9.59 Å². The fraction of sp³-hybridized carbons (Fsp3) is 0.0526. The molecule has 29 heavy (non-hydrogen) atoms. The number of aromatic nitrogens is 2. The topological polar surface area (TPSA) is 87.8 Å². The van der Waals surface area contributed by atoms with Crippen molar-refractivity contribution >= 4 is 17.9 Å². The maximum atomic E-state index is 13.5. The Morgan fingerprint density at radius 1 is 1.17 bits per heavy atom. The van der Waals surface area contributed by atoms with Crippen LogP contribution < -0.4 is 5.32 Å². The summed E-state index contributed by atoms with van der Waals surface area (Å²) in [5, 5.41) is 14.7. The van der Waals surface area contributed by atoms with Crippen LogP contribution >= 0.6 is 0 Å². The number of carbonyl (C=O) groups excluding carboxylic acids is 2. The summed E-state index contributed by atoms with van der Waals surface area (Å²) >= 11 is 0. The van der Waals surface area contributed by atoms with E-state index in [4.69, 9.17) is 5.26 Å². The molecule has 0 aliphatic carbocycles. The molecule has 0 unspecified atom stereocenters. The van der Waals surface area contributed by atoms with E-state index in [0.717, 1.165) is 22.9 Å². The fourth-order valence-electron chi connectivity index (χ4n) is 2.53. The molecular weight excluding hydrogens is 392 g/mol. The van der Waals surface area contributed by atoms with E-state index < -0.39 is 29.3 Å². The summed E-state index contributed by atoms with van der Waals surface area (Å²) in [5.74, 6) is -1.83. The van der Waals surface area contributed by atoms with Crippen LogP contribution in [0, 0.1) is 17.1 Å². The van der Waals surface area contributed by atoms with Gasteiger partial charge in [0.2, 0.25) is 0 Å². The number of hydrogen-bond acceptors (Lipinski definition) is 4. The van der Waals surface area contributed by atoms with E-state index in [1.165, 1.54) is 24.3 Å². The highest BCUT2D eigenvalue weighted by Crippen LogP contribution is 2.30. The molecule has 1 aromatic heterocycles. The zero-order valence-electron chi connectivity index (χ0n) is 14.4. The molecule has 0 saturated heterocycles. The Bertz CT molecular complexity index is 1150. The molecule has 10 heteroatoms. The molecule has 0 radical (unpaired) electrons. The largest absolute Gasteiger partial charge is 0.435 e. The molecule has 0 fully saturated rings. The van der Waals surface area contributed by atoms with Gasteiger partial charge in [-0.25, -0.2) is 9.07 Å². The molecular formula is C19H10F4N4O2. The van der Waals surface area contributed by atoms with Crippen LogP contribution in [-0.4, -0.2) is 22.0 Å². The van der Waals surface area contributed by atoms with Gasteiger partial charge in [0.15, 0.2) is 5.69 Å². The number of benzene rings is 2. The highest BCUT2D eigenvalue weighted by Gasteiger charge is 2.36. The SMILES string of the molecule is N#Cc1cccc(-n2nc(C(F)(F)F)cc2C(=O)Nc2cc(F)cc(C=O)c2)c1. The molecule has 0 aliphatic rings. The first-order chi connectivity index (χ1) is 13.7. The van der Waals surface area contributed by atoms with Crippen LogP contribution in [0.25, 0.3) is 5.69 Å². The number of alkyl halides is 3. The first-order valence-electron chi connectivity index (χ1n) is 7.96. The molecule has 0 bridgehead atoms. The monoisotopic (exact) mass is 402 g/mol. The fourth-order valence-corrected chi connectivity index (χ4v) is 2.53.